The van der Waals surface area contributed by atoms with Crippen LogP contribution in [0.4, 0.5) is 4.79 Å². The standard InChI is InChI=1S/C18H32N2O2/c1-14(17-10-6-12-22-17)19-18(21)20-11-5-9-16(20)13-15-7-3-2-4-8-15/h14-17H,2-13H2,1H3,(H,19,21)/t14-,16+,17+/m0/s1. The van der Waals surface area contributed by atoms with E-state index in [1.807, 2.05) is 0 Å². The number of urea groups is 1. The highest BCUT2D eigenvalue weighted by Crippen LogP contribution is 2.32. The van der Waals surface area contributed by atoms with Gasteiger partial charge in [-0.15, -0.1) is 0 Å². The summed E-state index contributed by atoms with van der Waals surface area (Å²) in [5.41, 5.74) is 0. The summed E-state index contributed by atoms with van der Waals surface area (Å²) in [6.45, 7) is 3.86. The Bertz CT molecular complexity index is 362. The SMILES string of the molecule is C[C@H](NC(=O)N1CCC[C@@H]1CC1CCCCC1)[C@H]1CCCO1. The fraction of sp³-hybridized carbons (Fsp3) is 0.944. The highest BCUT2D eigenvalue weighted by atomic mass is 16.5. The number of amides is 2. The molecule has 0 spiro atoms. The maximum Gasteiger partial charge on any atom is 0.317 e. The van der Waals surface area contributed by atoms with Gasteiger partial charge in [-0.1, -0.05) is 32.1 Å². The van der Waals surface area contributed by atoms with Crippen molar-refractivity contribution in [2.45, 2.75) is 89.3 Å². The largest absolute Gasteiger partial charge is 0.376 e. The molecule has 0 aromatic carbocycles. The van der Waals surface area contributed by atoms with E-state index in [1.165, 1.54) is 51.4 Å². The molecule has 0 aromatic rings. The number of nitrogens with zero attached hydrogens (tertiary/aromatic N) is 1. The summed E-state index contributed by atoms with van der Waals surface area (Å²) in [6.07, 6.45) is 12.9. The van der Waals surface area contributed by atoms with Crippen LogP contribution in [0.25, 0.3) is 0 Å². The minimum absolute atomic E-state index is 0.130. The fourth-order valence-electron chi connectivity index (χ4n) is 4.52. The van der Waals surface area contributed by atoms with Crippen molar-refractivity contribution in [3.05, 3.63) is 0 Å². The molecule has 2 aliphatic heterocycles. The van der Waals surface area contributed by atoms with Gasteiger partial charge in [-0.3, -0.25) is 0 Å². The van der Waals surface area contributed by atoms with E-state index in [4.69, 9.17) is 4.74 Å². The van der Waals surface area contributed by atoms with Crippen molar-refractivity contribution in [2.24, 2.45) is 5.92 Å². The monoisotopic (exact) mass is 308 g/mol. The normalized spacial score (nSPS) is 31.4. The van der Waals surface area contributed by atoms with Crippen LogP contribution < -0.4 is 5.32 Å². The van der Waals surface area contributed by atoms with Crippen molar-refractivity contribution in [3.8, 4) is 0 Å². The van der Waals surface area contributed by atoms with E-state index < -0.39 is 0 Å². The van der Waals surface area contributed by atoms with Crippen LogP contribution in [0.3, 0.4) is 0 Å². The van der Waals surface area contributed by atoms with Gasteiger partial charge in [0.1, 0.15) is 0 Å². The lowest BCUT2D eigenvalue weighted by Gasteiger charge is -2.31. The third-order valence-corrected chi connectivity index (χ3v) is 5.84. The molecule has 1 aliphatic carbocycles. The zero-order valence-corrected chi connectivity index (χ0v) is 14.1. The Balaban J connectivity index is 1.49. The number of nitrogens with one attached hydrogen (secondary N) is 1. The van der Waals surface area contributed by atoms with Gasteiger partial charge in [0.25, 0.3) is 0 Å². The van der Waals surface area contributed by atoms with Crippen molar-refractivity contribution in [1.82, 2.24) is 10.2 Å². The molecule has 2 amide bonds. The first-order valence-corrected chi connectivity index (χ1v) is 9.43. The second-order valence-corrected chi connectivity index (χ2v) is 7.52. The number of likely N-dealkylation sites (tertiary alicyclic amines) is 1. The molecule has 4 nitrogen and oxygen atoms in total. The van der Waals surface area contributed by atoms with Gasteiger partial charge < -0.3 is 15.0 Å². The van der Waals surface area contributed by atoms with Crippen LogP contribution in [0.1, 0.15) is 71.1 Å². The predicted molar refractivity (Wildman–Crippen MR) is 87.9 cm³/mol. The number of hydrogen-bond donors (Lipinski definition) is 1. The average Bonchev–Trinajstić information content (AvgIpc) is 3.19. The predicted octanol–water partition coefficient (Wildman–Crippen LogP) is 3.70. The Hall–Kier alpha value is -0.770. The van der Waals surface area contributed by atoms with E-state index in [0.29, 0.717) is 6.04 Å². The van der Waals surface area contributed by atoms with Gasteiger partial charge in [-0.05, 0) is 44.9 Å². The zero-order valence-electron chi connectivity index (χ0n) is 14.1. The van der Waals surface area contributed by atoms with Crippen LogP contribution in [-0.2, 0) is 4.74 Å². The van der Waals surface area contributed by atoms with E-state index in [1.54, 1.807) is 0 Å². The van der Waals surface area contributed by atoms with Crippen LogP contribution in [0.15, 0.2) is 0 Å². The molecule has 4 heteroatoms. The number of rotatable bonds is 4. The third-order valence-electron chi connectivity index (χ3n) is 5.84. The zero-order chi connectivity index (χ0) is 15.4. The molecule has 1 saturated carbocycles. The maximum absolute atomic E-state index is 12.6. The summed E-state index contributed by atoms with van der Waals surface area (Å²) in [5, 5.41) is 3.19. The van der Waals surface area contributed by atoms with Crippen LogP contribution in [0.2, 0.25) is 0 Å². The Morgan fingerprint density at radius 2 is 1.95 bits per heavy atom. The second kappa shape index (κ2) is 7.67. The molecule has 3 atom stereocenters. The summed E-state index contributed by atoms with van der Waals surface area (Å²) in [4.78, 5) is 14.7. The van der Waals surface area contributed by atoms with Crippen LogP contribution in [0, 0.1) is 5.92 Å². The first-order chi connectivity index (χ1) is 10.7. The van der Waals surface area contributed by atoms with Crippen LogP contribution in [-0.4, -0.2) is 42.3 Å². The minimum atomic E-state index is 0.130. The van der Waals surface area contributed by atoms with Crippen molar-refractivity contribution in [2.75, 3.05) is 13.2 Å². The van der Waals surface area contributed by atoms with Crippen LogP contribution in [0.5, 0.6) is 0 Å². The quantitative estimate of drug-likeness (QED) is 0.860. The van der Waals surface area contributed by atoms with Gasteiger partial charge in [0.05, 0.1) is 12.1 Å². The van der Waals surface area contributed by atoms with E-state index in [2.05, 4.69) is 17.1 Å². The van der Waals surface area contributed by atoms with Crippen molar-refractivity contribution >= 4 is 6.03 Å². The molecule has 0 radical (unpaired) electrons. The summed E-state index contributed by atoms with van der Waals surface area (Å²) in [6, 6.07) is 0.743. The third kappa shape index (κ3) is 3.95. The first kappa shape index (κ1) is 16.1. The molecular weight excluding hydrogens is 276 g/mol. The molecule has 3 fully saturated rings. The molecule has 0 unspecified atom stereocenters. The summed E-state index contributed by atoms with van der Waals surface area (Å²) in [5.74, 6) is 0.850. The van der Waals surface area contributed by atoms with Crippen molar-refractivity contribution < 1.29 is 9.53 Å². The van der Waals surface area contributed by atoms with Gasteiger partial charge >= 0.3 is 6.03 Å². The fourth-order valence-corrected chi connectivity index (χ4v) is 4.52. The smallest absolute Gasteiger partial charge is 0.317 e. The molecule has 2 heterocycles. The van der Waals surface area contributed by atoms with Crippen molar-refractivity contribution in [3.63, 3.8) is 0 Å². The molecule has 2 saturated heterocycles. The van der Waals surface area contributed by atoms with Gasteiger partial charge in [-0.25, -0.2) is 4.79 Å². The summed E-state index contributed by atoms with van der Waals surface area (Å²) >= 11 is 0. The average molecular weight is 308 g/mol. The van der Waals surface area contributed by atoms with Gasteiger partial charge in [-0.2, -0.15) is 0 Å². The lowest BCUT2D eigenvalue weighted by atomic mass is 9.84. The lowest BCUT2D eigenvalue weighted by molar-refractivity contribution is 0.0824. The number of carbonyl (C=O) groups is 1. The van der Waals surface area contributed by atoms with Crippen molar-refractivity contribution in [1.29, 1.82) is 0 Å². The summed E-state index contributed by atoms with van der Waals surface area (Å²) < 4.78 is 5.69. The molecule has 3 rings (SSSR count). The first-order valence-electron chi connectivity index (χ1n) is 9.43. The summed E-state index contributed by atoms with van der Waals surface area (Å²) in [7, 11) is 0. The minimum Gasteiger partial charge on any atom is -0.376 e. The second-order valence-electron chi connectivity index (χ2n) is 7.52. The highest BCUT2D eigenvalue weighted by molar-refractivity contribution is 5.75. The van der Waals surface area contributed by atoms with Crippen LogP contribution >= 0.6 is 0 Å². The van der Waals surface area contributed by atoms with E-state index in [-0.39, 0.29) is 18.2 Å². The highest BCUT2D eigenvalue weighted by Gasteiger charge is 2.33. The topological polar surface area (TPSA) is 41.6 Å². The Morgan fingerprint density at radius 1 is 1.14 bits per heavy atom. The molecular formula is C18H32N2O2. The molecule has 0 bridgehead atoms. The van der Waals surface area contributed by atoms with E-state index in [0.717, 1.165) is 31.9 Å². The number of carbonyl (C=O) groups excluding carboxylic acids is 1. The van der Waals surface area contributed by atoms with Gasteiger partial charge in [0.15, 0.2) is 0 Å². The number of hydrogen-bond acceptors (Lipinski definition) is 2. The number of ether oxygens (including phenoxy) is 1. The van der Waals surface area contributed by atoms with Gasteiger partial charge in [0.2, 0.25) is 0 Å². The lowest BCUT2D eigenvalue weighted by Crippen LogP contribution is -2.49. The van der Waals surface area contributed by atoms with E-state index >= 15 is 0 Å². The molecule has 126 valence electrons. The maximum atomic E-state index is 12.6. The Kier molecular flexibility index (Phi) is 5.61. The molecule has 1 N–H and O–H groups in total. The Labute approximate surface area is 135 Å². The van der Waals surface area contributed by atoms with E-state index in [9.17, 15) is 4.79 Å². The molecule has 3 aliphatic rings. The van der Waals surface area contributed by atoms with Gasteiger partial charge in [0, 0.05) is 19.2 Å². The Morgan fingerprint density at radius 3 is 2.68 bits per heavy atom. The molecule has 0 aromatic heterocycles. The molecule has 22 heavy (non-hydrogen) atoms.